The second-order valence-corrected chi connectivity index (χ2v) is 10.3. The molecule has 2 amide bonds. The van der Waals surface area contributed by atoms with Gasteiger partial charge in [0.15, 0.2) is 0 Å². The summed E-state index contributed by atoms with van der Waals surface area (Å²) in [6, 6.07) is 22.5. The number of benzene rings is 3. The summed E-state index contributed by atoms with van der Waals surface area (Å²) in [5.74, 6) is -0.298. The second-order valence-electron chi connectivity index (χ2n) is 9.52. The fourth-order valence-corrected chi connectivity index (χ4v) is 5.38. The van der Waals surface area contributed by atoms with Gasteiger partial charge in [-0.15, -0.1) is 0 Å². The molecule has 0 radical (unpaired) electrons. The van der Waals surface area contributed by atoms with E-state index in [2.05, 4.69) is 5.32 Å². The fourth-order valence-electron chi connectivity index (χ4n) is 4.85. The summed E-state index contributed by atoms with van der Waals surface area (Å²) in [5.41, 5.74) is 3.65. The summed E-state index contributed by atoms with van der Waals surface area (Å²) >= 11 is 12.8. The van der Waals surface area contributed by atoms with Gasteiger partial charge in [0.1, 0.15) is 6.04 Å². The van der Waals surface area contributed by atoms with Gasteiger partial charge in [-0.3, -0.25) is 9.59 Å². The van der Waals surface area contributed by atoms with E-state index in [-0.39, 0.29) is 24.3 Å². The molecule has 0 aromatic heterocycles. The molecular weight excluding hydrogens is 491 g/mol. The Balaban J connectivity index is 1.70. The number of rotatable bonds is 9. The Bertz CT molecular complexity index is 1170. The van der Waals surface area contributed by atoms with Crippen molar-refractivity contribution < 1.29 is 9.59 Å². The van der Waals surface area contributed by atoms with Crippen molar-refractivity contribution in [3.8, 4) is 0 Å². The third-order valence-corrected chi connectivity index (χ3v) is 7.67. The average molecular weight is 524 g/mol. The summed E-state index contributed by atoms with van der Waals surface area (Å²) in [7, 11) is 0. The topological polar surface area (TPSA) is 49.4 Å². The van der Waals surface area contributed by atoms with Crippen LogP contribution in [0.5, 0.6) is 0 Å². The van der Waals surface area contributed by atoms with E-state index in [0.717, 1.165) is 42.4 Å². The van der Waals surface area contributed by atoms with Gasteiger partial charge in [0.2, 0.25) is 11.8 Å². The van der Waals surface area contributed by atoms with Gasteiger partial charge in [-0.1, -0.05) is 96.7 Å². The van der Waals surface area contributed by atoms with E-state index in [9.17, 15) is 9.59 Å². The molecule has 0 saturated heterocycles. The van der Waals surface area contributed by atoms with Crippen LogP contribution in [0.25, 0.3) is 0 Å². The summed E-state index contributed by atoms with van der Waals surface area (Å²) in [6.45, 7) is 2.34. The molecule has 1 aliphatic carbocycles. The van der Waals surface area contributed by atoms with Gasteiger partial charge in [0.25, 0.3) is 0 Å². The Hall–Kier alpha value is -2.82. The molecule has 0 unspecified atom stereocenters. The predicted molar refractivity (Wildman–Crippen MR) is 146 cm³/mol. The minimum absolute atomic E-state index is 0.0202. The molecular formula is C30H32Cl2N2O2. The van der Waals surface area contributed by atoms with Crippen molar-refractivity contribution in [3.63, 3.8) is 0 Å². The lowest BCUT2D eigenvalue weighted by atomic mass is 10.00. The zero-order valence-corrected chi connectivity index (χ0v) is 22.1. The van der Waals surface area contributed by atoms with Gasteiger partial charge >= 0.3 is 0 Å². The number of halogens is 2. The minimum atomic E-state index is -0.665. The first-order valence-corrected chi connectivity index (χ1v) is 13.3. The van der Waals surface area contributed by atoms with Gasteiger partial charge in [-0.25, -0.2) is 0 Å². The van der Waals surface area contributed by atoms with Crippen molar-refractivity contribution in [2.75, 3.05) is 0 Å². The van der Waals surface area contributed by atoms with Crippen LogP contribution in [0.3, 0.4) is 0 Å². The number of hydrogen-bond donors (Lipinski definition) is 1. The number of aryl methyl sites for hydroxylation is 1. The van der Waals surface area contributed by atoms with Crippen molar-refractivity contribution in [3.05, 3.63) is 105 Å². The molecule has 1 saturated carbocycles. The highest BCUT2D eigenvalue weighted by atomic mass is 35.5. The highest BCUT2D eigenvalue weighted by Gasteiger charge is 2.32. The third-order valence-electron chi connectivity index (χ3n) is 6.96. The molecule has 1 atom stereocenters. The van der Waals surface area contributed by atoms with Crippen LogP contribution in [0.15, 0.2) is 72.8 Å². The fraction of sp³-hybridized carbons (Fsp3) is 0.333. The van der Waals surface area contributed by atoms with Crippen LogP contribution in [-0.2, 0) is 29.0 Å². The van der Waals surface area contributed by atoms with Crippen molar-refractivity contribution in [1.29, 1.82) is 0 Å². The third kappa shape index (κ3) is 6.68. The number of hydrogen-bond acceptors (Lipinski definition) is 2. The summed E-state index contributed by atoms with van der Waals surface area (Å²) < 4.78 is 0. The maximum atomic E-state index is 13.9. The van der Waals surface area contributed by atoms with E-state index in [4.69, 9.17) is 23.2 Å². The van der Waals surface area contributed by atoms with E-state index in [1.807, 2.05) is 61.5 Å². The number of carbonyl (C=O) groups is 2. The number of carbonyl (C=O) groups excluding carboxylic acids is 2. The molecule has 1 fully saturated rings. The summed E-state index contributed by atoms with van der Waals surface area (Å²) in [6.07, 6.45) is 4.63. The van der Waals surface area contributed by atoms with Crippen molar-refractivity contribution >= 4 is 35.0 Å². The van der Waals surface area contributed by atoms with Crippen LogP contribution in [0, 0.1) is 6.92 Å². The summed E-state index contributed by atoms with van der Waals surface area (Å²) in [4.78, 5) is 29.4. The number of nitrogens with one attached hydrogen (secondary N) is 1. The molecule has 188 valence electrons. The van der Waals surface area contributed by atoms with E-state index < -0.39 is 6.04 Å². The van der Waals surface area contributed by atoms with Crippen LogP contribution in [0.4, 0.5) is 0 Å². The molecule has 0 spiro atoms. The van der Waals surface area contributed by atoms with E-state index in [1.54, 1.807) is 23.1 Å². The smallest absolute Gasteiger partial charge is 0.243 e. The summed E-state index contributed by atoms with van der Waals surface area (Å²) in [5, 5.41) is 4.13. The molecule has 3 aromatic carbocycles. The normalized spacial score (nSPS) is 14.4. The van der Waals surface area contributed by atoms with E-state index in [1.165, 1.54) is 0 Å². The lowest BCUT2D eigenvalue weighted by Gasteiger charge is -2.33. The highest BCUT2D eigenvalue weighted by molar-refractivity contribution is 6.36. The first-order chi connectivity index (χ1) is 17.4. The zero-order valence-electron chi connectivity index (χ0n) is 20.6. The maximum absolute atomic E-state index is 13.9. The molecule has 6 heteroatoms. The molecule has 3 aromatic rings. The van der Waals surface area contributed by atoms with Crippen molar-refractivity contribution in [2.24, 2.45) is 0 Å². The number of amides is 2. The second kappa shape index (κ2) is 12.4. The quantitative estimate of drug-likeness (QED) is 0.346. The Labute approximate surface area is 223 Å². The Morgan fingerprint density at radius 1 is 0.917 bits per heavy atom. The Morgan fingerprint density at radius 2 is 1.56 bits per heavy atom. The van der Waals surface area contributed by atoms with Gasteiger partial charge in [-0.2, -0.15) is 0 Å². The lowest BCUT2D eigenvalue weighted by Crippen LogP contribution is -2.52. The largest absolute Gasteiger partial charge is 0.352 e. The molecule has 0 aliphatic heterocycles. The molecule has 36 heavy (non-hydrogen) atoms. The predicted octanol–water partition coefficient (Wildman–Crippen LogP) is 6.54. The minimum Gasteiger partial charge on any atom is -0.352 e. The van der Waals surface area contributed by atoms with Gasteiger partial charge < -0.3 is 10.2 Å². The van der Waals surface area contributed by atoms with Gasteiger partial charge in [0.05, 0.1) is 6.42 Å². The Kier molecular flexibility index (Phi) is 9.06. The van der Waals surface area contributed by atoms with Crippen LogP contribution in [-0.4, -0.2) is 28.8 Å². The zero-order chi connectivity index (χ0) is 25.5. The average Bonchev–Trinajstić information content (AvgIpc) is 3.38. The van der Waals surface area contributed by atoms with E-state index >= 15 is 0 Å². The molecule has 4 rings (SSSR count). The molecule has 0 bridgehead atoms. The number of nitrogens with zero attached hydrogens (tertiary/aromatic N) is 1. The van der Waals surface area contributed by atoms with Gasteiger partial charge in [0, 0.05) is 29.1 Å². The van der Waals surface area contributed by atoms with Crippen LogP contribution in [0.1, 0.15) is 47.9 Å². The lowest BCUT2D eigenvalue weighted by molar-refractivity contribution is -0.141. The van der Waals surface area contributed by atoms with Gasteiger partial charge in [-0.05, 0) is 54.2 Å². The molecule has 1 N–H and O–H groups in total. The van der Waals surface area contributed by atoms with Crippen molar-refractivity contribution in [1.82, 2.24) is 10.2 Å². The van der Waals surface area contributed by atoms with Crippen LogP contribution in [0.2, 0.25) is 10.0 Å². The first kappa shape index (κ1) is 26.2. The van der Waals surface area contributed by atoms with E-state index in [0.29, 0.717) is 28.6 Å². The molecule has 4 nitrogen and oxygen atoms in total. The van der Waals surface area contributed by atoms with Crippen LogP contribution < -0.4 is 5.32 Å². The standard InChI is InChI=1S/C30H32Cl2N2O2/c1-21-10-5-6-13-23(21)20-34(29(35)19-25-26(31)16-9-17-27(25)32)28(18-22-11-3-2-4-12-22)30(36)33-24-14-7-8-15-24/h2-6,9-13,16-17,24,28H,7-8,14-15,18-20H2,1H3,(H,33,36)/t28-/m1/s1. The van der Waals surface area contributed by atoms with Crippen LogP contribution >= 0.6 is 23.2 Å². The molecule has 1 aliphatic rings. The highest BCUT2D eigenvalue weighted by Crippen LogP contribution is 2.27. The SMILES string of the molecule is Cc1ccccc1CN(C(=O)Cc1c(Cl)cccc1Cl)[C@H](Cc1ccccc1)C(=O)NC1CCCC1. The maximum Gasteiger partial charge on any atom is 0.243 e. The molecule has 0 heterocycles. The Morgan fingerprint density at radius 3 is 2.22 bits per heavy atom. The first-order valence-electron chi connectivity index (χ1n) is 12.5. The van der Waals surface area contributed by atoms with Crippen molar-refractivity contribution in [2.45, 2.75) is 64.1 Å². The monoisotopic (exact) mass is 522 g/mol.